The first-order valence-electron chi connectivity index (χ1n) is 8.78. The summed E-state index contributed by atoms with van der Waals surface area (Å²) in [6.45, 7) is 8.10. The molecule has 26 heavy (non-hydrogen) atoms. The Balaban J connectivity index is 2.29. The maximum Gasteiger partial charge on any atom is 0.307 e. The van der Waals surface area contributed by atoms with E-state index >= 15 is 0 Å². The van der Waals surface area contributed by atoms with Crippen LogP contribution in [0.25, 0.3) is 0 Å². The number of benzene rings is 2. The molecule has 0 radical (unpaired) electrons. The molecular weight excluding hydrogens is 369 g/mol. The van der Waals surface area contributed by atoms with Crippen LogP contribution in [0.2, 0.25) is 10.0 Å². The third kappa shape index (κ3) is 4.52. The fourth-order valence-electron chi connectivity index (χ4n) is 3.33. The summed E-state index contributed by atoms with van der Waals surface area (Å²) >= 11 is 13.0. The number of hydrogen-bond acceptors (Lipinski definition) is 2. The first kappa shape index (κ1) is 20.6. The Kier molecular flexibility index (Phi) is 6.96. The van der Waals surface area contributed by atoms with Crippen LogP contribution in [0.4, 0.5) is 5.69 Å². The van der Waals surface area contributed by atoms with Gasteiger partial charge < -0.3 is 10.4 Å². The smallest absolute Gasteiger partial charge is 0.307 e. The van der Waals surface area contributed by atoms with Crippen LogP contribution in [0.3, 0.4) is 0 Å². The van der Waals surface area contributed by atoms with E-state index in [4.69, 9.17) is 28.3 Å². The van der Waals surface area contributed by atoms with Gasteiger partial charge in [0.2, 0.25) is 0 Å². The van der Waals surface area contributed by atoms with Crippen LogP contribution >= 0.6 is 23.2 Å². The molecule has 0 saturated carbocycles. The molecule has 1 unspecified atom stereocenters. The maximum atomic E-state index is 11.1. The quantitative estimate of drug-likeness (QED) is 0.620. The zero-order chi connectivity index (χ0) is 19.4. The highest BCUT2D eigenvalue weighted by molar-refractivity contribution is 6.38. The molecule has 0 fully saturated rings. The molecule has 0 spiro atoms. The lowest BCUT2D eigenvalue weighted by Crippen LogP contribution is -2.21. The summed E-state index contributed by atoms with van der Waals surface area (Å²) in [5.74, 6) is -0.821. The highest BCUT2D eigenvalue weighted by Gasteiger charge is 2.18. The molecule has 0 aliphatic heterocycles. The lowest BCUT2D eigenvalue weighted by molar-refractivity contribution is -0.136. The van der Waals surface area contributed by atoms with Gasteiger partial charge in [0.05, 0.1) is 17.1 Å². The predicted octanol–water partition coefficient (Wildman–Crippen LogP) is 5.84. The van der Waals surface area contributed by atoms with E-state index in [0.717, 1.165) is 44.9 Å². The molecule has 0 bridgehead atoms. The minimum atomic E-state index is -0.821. The van der Waals surface area contributed by atoms with Gasteiger partial charge in [0, 0.05) is 11.1 Å². The Morgan fingerprint density at radius 1 is 1.12 bits per heavy atom. The molecule has 0 aliphatic rings. The molecule has 2 aromatic rings. The molecule has 0 saturated heterocycles. The topological polar surface area (TPSA) is 49.3 Å². The van der Waals surface area contributed by atoms with E-state index in [1.165, 1.54) is 0 Å². The lowest BCUT2D eigenvalue weighted by Gasteiger charge is -2.23. The second-order valence-electron chi connectivity index (χ2n) is 6.67. The van der Waals surface area contributed by atoms with Gasteiger partial charge in [-0.1, -0.05) is 54.4 Å². The summed E-state index contributed by atoms with van der Waals surface area (Å²) in [7, 11) is 0. The molecule has 0 heterocycles. The van der Waals surface area contributed by atoms with Crippen molar-refractivity contribution < 1.29 is 9.90 Å². The fourth-order valence-corrected chi connectivity index (χ4v) is 3.85. The largest absolute Gasteiger partial charge is 0.481 e. The van der Waals surface area contributed by atoms with Crippen LogP contribution in [-0.4, -0.2) is 17.1 Å². The number of hydrogen-bond donors (Lipinski definition) is 2. The van der Waals surface area contributed by atoms with Crippen molar-refractivity contribution in [3.63, 3.8) is 0 Å². The zero-order valence-corrected chi connectivity index (χ0v) is 17.1. The van der Waals surface area contributed by atoms with Crippen molar-refractivity contribution in [1.82, 2.24) is 0 Å². The summed E-state index contributed by atoms with van der Waals surface area (Å²) in [6, 6.07) is 7.76. The van der Waals surface area contributed by atoms with Crippen LogP contribution in [0.1, 0.15) is 41.7 Å². The number of aliphatic carboxylic acids is 1. The van der Waals surface area contributed by atoms with Crippen molar-refractivity contribution in [1.29, 1.82) is 0 Å². The van der Waals surface area contributed by atoms with Crippen molar-refractivity contribution >= 4 is 34.9 Å². The van der Waals surface area contributed by atoms with E-state index in [2.05, 4.69) is 19.2 Å². The molecular formula is C21H25Cl2NO2. The number of anilines is 1. The monoisotopic (exact) mass is 393 g/mol. The van der Waals surface area contributed by atoms with E-state index in [1.54, 1.807) is 0 Å². The summed E-state index contributed by atoms with van der Waals surface area (Å²) in [5.41, 5.74) is 5.86. The number of carbonyl (C=O) groups is 1. The number of nitrogens with one attached hydrogen (secondary N) is 1. The van der Waals surface area contributed by atoms with Crippen LogP contribution in [-0.2, 0) is 24.1 Å². The Labute approximate surface area is 165 Å². The Morgan fingerprint density at radius 2 is 1.73 bits per heavy atom. The number of rotatable bonds is 7. The third-order valence-corrected chi connectivity index (χ3v) is 5.73. The normalized spacial score (nSPS) is 12.1. The average molecular weight is 394 g/mol. The van der Waals surface area contributed by atoms with Crippen molar-refractivity contribution in [3.8, 4) is 0 Å². The van der Waals surface area contributed by atoms with Gasteiger partial charge >= 0.3 is 5.97 Å². The number of halogens is 2. The van der Waals surface area contributed by atoms with Crippen molar-refractivity contribution in [2.24, 2.45) is 0 Å². The van der Waals surface area contributed by atoms with Crippen LogP contribution in [0.5, 0.6) is 0 Å². The second-order valence-corrected chi connectivity index (χ2v) is 7.43. The molecule has 5 heteroatoms. The molecule has 0 aliphatic carbocycles. The summed E-state index contributed by atoms with van der Waals surface area (Å²) in [5, 5.41) is 14.0. The van der Waals surface area contributed by atoms with Gasteiger partial charge in [-0.15, -0.1) is 0 Å². The van der Waals surface area contributed by atoms with Gasteiger partial charge in [-0.25, -0.2) is 0 Å². The van der Waals surface area contributed by atoms with Gasteiger partial charge in [0.15, 0.2) is 0 Å². The fraction of sp³-hybridized carbons (Fsp3) is 0.381. The average Bonchev–Trinajstić information content (AvgIpc) is 2.59. The van der Waals surface area contributed by atoms with Gasteiger partial charge in [-0.3, -0.25) is 4.79 Å². The molecule has 2 N–H and O–H groups in total. The molecule has 0 amide bonds. The lowest BCUT2D eigenvalue weighted by atomic mass is 9.97. The Hall–Kier alpha value is -1.71. The molecule has 1 atom stereocenters. The van der Waals surface area contributed by atoms with Gasteiger partial charge in [-0.05, 0) is 61.4 Å². The van der Waals surface area contributed by atoms with Crippen LogP contribution in [0, 0.1) is 13.8 Å². The SMILES string of the molecule is CCc1c(C)c(Cl)c(C)c(Cl)c1NC(C)Cc1ccccc1CC(=O)O. The first-order valence-corrected chi connectivity index (χ1v) is 9.53. The molecule has 2 rings (SSSR count). The van der Waals surface area contributed by atoms with E-state index < -0.39 is 5.97 Å². The Morgan fingerprint density at radius 3 is 2.31 bits per heavy atom. The first-order chi connectivity index (χ1) is 12.3. The molecule has 140 valence electrons. The van der Waals surface area contributed by atoms with Gasteiger partial charge in [0.25, 0.3) is 0 Å². The predicted molar refractivity (Wildman–Crippen MR) is 110 cm³/mol. The minimum absolute atomic E-state index is 0.0308. The molecule has 0 aromatic heterocycles. The highest BCUT2D eigenvalue weighted by atomic mass is 35.5. The van der Waals surface area contributed by atoms with Crippen LogP contribution < -0.4 is 5.32 Å². The zero-order valence-electron chi connectivity index (χ0n) is 15.6. The summed E-state index contributed by atoms with van der Waals surface area (Å²) in [6.07, 6.45) is 1.57. The van der Waals surface area contributed by atoms with Crippen molar-refractivity contribution in [2.45, 2.75) is 53.0 Å². The van der Waals surface area contributed by atoms with E-state index in [-0.39, 0.29) is 12.5 Å². The van der Waals surface area contributed by atoms with Crippen LogP contribution in [0.15, 0.2) is 24.3 Å². The third-order valence-electron chi connectivity index (χ3n) is 4.69. The second kappa shape index (κ2) is 8.79. The number of carboxylic acids is 1. The van der Waals surface area contributed by atoms with Crippen molar-refractivity contribution in [2.75, 3.05) is 5.32 Å². The van der Waals surface area contributed by atoms with Gasteiger partial charge in [0.1, 0.15) is 0 Å². The molecule has 2 aromatic carbocycles. The van der Waals surface area contributed by atoms with E-state index in [0.29, 0.717) is 11.4 Å². The number of carboxylic acid groups (broad SMARTS) is 1. The van der Waals surface area contributed by atoms with E-state index in [1.807, 2.05) is 38.1 Å². The standard InChI is InChI=1S/C21H25Cl2NO2/c1-5-17-13(3)19(22)14(4)20(23)21(17)24-12(2)10-15-8-6-7-9-16(15)11-18(25)26/h6-9,12,24H,5,10-11H2,1-4H3,(H,25,26). The minimum Gasteiger partial charge on any atom is -0.481 e. The van der Waals surface area contributed by atoms with Crippen molar-refractivity contribution in [3.05, 3.63) is 62.1 Å². The van der Waals surface area contributed by atoms with Gasteiger partial charge in [-0.2, -0.15) is 0 Å². The van der Waals surface area contributed by atoms with E-state index in [9.17, 15) is 4.79 Å². The highest BCUT2D eigenvalue weighted by Crippen LogP contribution is 2.38. The maximum absolute atomic E-state index is 11.1. The summed E-state index contributed by atoms with van der Waals surface area (Å²) < 4.78 is 0. The summed E-state index contributed by atoms with van der Waals surface area (Å²) in [4.78, 5) is 11.1. The Bertz CT molecular complexity index is 818. The molecule has 3 nitrogen and oxygen atoms in total.